The molecule has 0 aliphatic heterocycles. The van der Waals surface area contributed by atoms with E-state index >= 15 is 0 Å². The summed E-state index contributed by atoms with van der Waals surface area (Å²) in [5.41, 5.74) is -0.0671. The molecule has 0 amide bonds. The molecular weight excluding hydrogens is 342 g/mol. The number of benzene rings is 1. The minimum atomic E-state index is -1.11. The maximum Gasteiger partial charge on any atom is 2.00 e. The second-order valence-corrected chi connectivity index (χ2v) is 5.68. The van der Waals surface area contributed by atoms with Crippen molar-refractivity contribution in [1.29, 1.82) is 0 Å². The molecule has 2 fully saturated rings. The van der Waals surface area contributed by atoms with Crippen molar-refractivity contribution >= 4 is 5.97 Å². The molecule has 0 heterocycles. The van der Waals surface area contributed by atoms with Gasteiger partial charge in [0.25, 0.3) is 0 Å². The monoisotopic (exact) mass is 368 g/mol. The van der Waals surface area contributed by atoms with E-state index in [1.165, 1.54) is 76.3 Å². The van der Waals surface area contributed by atoms with E-state index < -0.39 is 5.97 Å². The number of para-hydroxylation sites is 1. The molecule has 2 N–H and O–H groups in total. The summed E-state index contributed by atoms with van der Waals surface area (Å²) in [5.74, 6) is -1.31. The van der Waals surface area contributed by atoms with E-state index in [1.54, 1.807) is 12.1 Å². The number of hydrogen-bond acceptors (Lipinski definition) is 2. The van der Waals surface area contributed by atoms with Crippen LogP contribution in [0.5, 0.6) is 5.75 Å². The van der Waals surface area contributed by atoms with Crippen molar-refractivity contribution in [2.24, 2.45) is 0 Å². The van der Waals surface area contributed by atoms with E-state index in [2.05, 4.69) is 12.8 Å². The molecule has 2 saturated carbocycles. The van der Waals surface area contributed by atoms with E-state index in [4.69, 9.17) is 10.2 Å². The molecule has 0 spiro atoms. The van der Waals surface area contributed by atoms with Crippen LogP contribution in [0.2, 0.25) is 0 Å². The summed E-state index contributed by atoms with van der Waals surface area (Å²) in [6.45, 7) is 0. The van der Waals surface area contributed by atoms with Gasteiger partial charge in [0.2, 0.25) is 0 Å². The van der Waals surface area contributed by atoms with E-state index in [0.29, 0.717) is 0 Å². The number of carboxylic acids is 1. The predicted octanol–water partition coefficient (Wildman–Crippen LogP) is 5.40. The van der Waals surface area contributed by atoms with Crippen LogP contribution in [0.15, 0.2) is 24.3 Å². The molecule has 0 unspecified atom stereocenters. The Bertz CT molecular complexity index is 378. The molecule has 1 aromatic carbocycles. The van der Waals surface area contributed by atoms with Gasteiger partial charge in [0.15, 0.2) is 0 Å². The topological polar surface area (TPSA) is 57.5 Å². The minimum absolute atomic E-state index is 0. The van der Waals surface area contributed by atoms with Crippen molar-refractivity contribution in [3.8, 4) is 5.75 Å². The third-order valence-corrected chi connectivity index (χ3v) is 3.77. The van der Waals surface area contributed by atoms with Gasteiger partial charge in [-0.05, 0) is 12.1 Å². The average Bonchev–Trinajstić information content (AvgIpc) is 2.59. The second-order valence-electron chi connectivity index (χ2n) is 5.68. The van der Waals surface area contributed by atoms with Crippen LogP contribution in [0, 0.1) is 12.8 Å². The fourth-order valence-electron chi connectivity index (χ4n) is 2.45. The van der Waals surface area contributed by atoms with Gasteiger partial charge >= 0.3 is 25.4 Å². The summed E-state index contributed by atoms with van der Waals surface area (Å²) in [5, 5.41) is 17.3. The Hall–Kier alpha value is -0.887. The first kappa shape index (κ1) is 22.1. The Morgan fingerprint density at radius 1 is 0.826 bits per heavy atom. The van der Waals surface area contributed by atoms with Crippen LogP contribution in [0.4, 0.5) is 0 Å². The SMILES string of the molecule is O=C(O)c1ccccc1O.[CH-]1CCCCC1.[CH-]1CCCCC1.[Zn+2]. The first-order valence-electron chi connectivity index (χ1n) is 8.36. The number of aromatic hydroxyl groups is 1. The van der Waals surface area contributed by atoms with Gasteiger partial charge in [0.05, 0.1) is 0 Å². The van der Waals surface area contributed by atoms with Crippen LogP contribution in [-0.2, 0) is 19.5 Å². The Kier molecular flexibility index (Phi) is 14.1. The molecule has 124 valence electrons. The number of hydrogen-bond donors (Lipinski definition) is 2. The predicted molar refractivity (Wildman–Crippen MR) is 89.8 cm³/mol. The van der Waals surface area contributed by atoms with Gasteiger partial charge in [0, 0.05) is 0 Å². The molecule has 23 heavy (non-hydrogen) atoms. The van der Waals surface area contributed by atoms with Crippen LogP contribution in [0.25, 0.3) is 0 Å². The smallest absolute Gasteiger partial charge is 0.507 e. The molecule has 1 aromatic rings. The zero-order valence-electron chi connectivity index (χ0n) is 14.0. The van der Waals surface area contributed by atoms with Gasteiger partial charge < -0.3 is 23.1 Å². The van der Waals surface area contributed by atoms with E-state index in [0.717, 1.165) is 0 Å². The summed E-state index contributed by atoms with van der Waals surface area (Å²) in [7, 11) is 0. The molecule has 0 aromatic heterocycles. The van der Waals surface area contributed by atoms with Crippen LogP contribution in [0.1, 0.15) is 74.6 Å². The fourth-order valence-corrected chi connectivity index (χ4v) is 2.45. The Morgan fingerprint density at radius 2 is 1.26 bits per heavy atom. The van der Waals surface area contributed by atoms with Gasteiger partial charge in [-0.1, -0.05) is 50.7 Å². The number of carbonyl (C=O) groups is 1. The molecule has 0 radical (unpaired) electrons. The van der Waals surface area contributed by atoms with Crippen molar-refractivity contribution in [3.63, 3.8) is 0 Å². The van der Waals surface area contributed by atoms with E-state index in [-0.39, 0.29) is 30.8 Å². The Morgan fingerprint density at radius 3 is 1.48 bits per heavy atom. The standard InChI is InChI=1S/C7H6O3.2C6H11.Zn/c8-6-4-2-1-3-5(6)7(9)10;2*1-2-4-6-5-3-1;/h1-4,8H,(H,9,10);2*1H,2-6H2;/q;2*-1;+2. The number of rotatable bonds is 1. The third kappa shape index (κ3) is 11.3. The number of aromatic carboxylic acids is 1. The van der Waals surface area contributed by atoms with Crippen molar-refractivity contribution in [3.05, 3.63) is 42.7 Å². The molecule has 4 heteroatoms. The second kappa shape index (κ2) is 14.7. The van der Waals surface area contributed by atoms with Crippen molar-refractivity contribution in [2.75, 3.05) is 0 Å². The van der Waals surface area contributed by atoms with Crippen LogP contribution in [-0.4, -0.2) is 16.2 Å². The number of carboxylic acid groups (broad SMARTS) is 1. The van der Waals surface area contributed by atoms with Gasteiger partial charge in [-0.25, -0.2) is 4.79 Å². The van der Waals surface area contributed by atoms with Crippen LogP contribution >= 0.6 is 0 Å². The fraction of sp³-hybridized carbons (Fsp3) is 0.526. The Labute approximate surface area is 153 Å². The molecule has 0 bridgehead atoms. The van der Waals surface area contributed by atoms with Crippen molar-refractivity contribution < 1.29 is 34.5 Å². The summed E-state index contributed by atoms with van der Waals surface area (Å²) in [4.78, 5) is 10.3. The zero-order valence-corrected chi connectivity index (χ0v) is 17.0. The Balaban J connectivity index is 0.000000325. The average molecular weight is 370 g/mol. The summed E-state index contributed by atoms with van der Waals surface area (Å²) < 4.78 is 0. The third-order valence-electron chi connectivity index (χ3n) is 3.77. The maximum atomic E-state index is 10.3. The minimum Gasteiger partial charge on any atom is -0.507 e. The summed E-state index contributed by atoms with van der Waals surface area (Å²) in [6.07, 6.45) is 19.0. The van der Waals surface area contributed by atoms with E-state index in [9.17, 15) is 4.79 Å². The van der Waals surface area contributed by atoms with Crippen LogP contribution < -0.4 is 0 Å². The van der Waals surface area contributed by atoms with Crippen molar-refractivity contribution in [2.45, 2.75) is 64.2 Å². The molecule has 0 saturated heterocycles. The first-order chi connectivity index (χ1) is 10.7. The van der Waals surface area contributed by atoms with Gasteiger partial charge in [-0.3, -0.25) is 0 Å². The zero-order chi connectivity index (χ0) is 16.0. The van der Waals surface area contributed by atoms with Gasteiger partial charge in [-0.15, -0.1) is 0 Å². The molecule has 3 rings (SSSR count). The van der Waals surface area contributed by atoms with Crippen molar-refractivity contribution in [1.82, 2.24) is 0 Å². The van der Waals surface area contributed by atoms with E-state index in [1.807, 2.05) is 0 Å². The first-order valence-corrected chi connectivity index (χ1v) is 8.36. The molecule has 0 atom stereocenters. The summed E-state index contributed by atoms with van der Waals surface area (Å²) >= 11 is 0. The largest absolute Gasteiger partial charge is 2.00 e. The quantitative estimate of drug-likeness (QED) is 0.515. The van der Waals surface area contributed by atoms with Gasteiger partial charge in [-0.2, -0.15) is 25.7 Å². The van der Waals surface area contributed by atoms with Crippen LogP contribution in [0.3, 0.4) is 0 Å². The molecular formula is C19H28O3Zn. The normalized spacial score (nSPS) is 16.5. The maximum absolute atomic E-state index is 10.3. The summed E-state index contributed by atoms with van der Waals surface area (Å²) in [6, 6.07) is 5.81. The van der Waals surface area contributed by atoms with Gasteiger partial charge in [0.1, 0.15) is 11.3 Å². The molecule has 2 aliphatic carbocycles. The number of phenols is 1. The molecule has 3 nitrogen and oxygen atoms in total. The molecule has 2 aliphatic rings.